The molecule has 23 heavy (non-hydrogen) atoms. The Bertz CT molecular complexity index is 317. The Morgan fingerprint density at radius 2 is 1.17 bits per heavy atom. The smallest absolute Gasteiger partial charge is 0.308 e. The van der Waals surface area contributed by atoms with Gasteiger partial charge in [0, 0.05) is 5.41 Å². The van der Waals surface area contributed by atoms with Crippen molar-refractivity contribution in [3.63, 3.8) is 0 Å². The summed E-state index contributed by atoms with van der Waals surface area (Å²) in [5.74, 6) is -0.451. The number of esters is 2. The second kappa shape index (κ2) is 11.5. The van der Waals surface area contributed by atoms with Gasteiger partial charge in [-0.3, -0.25) is 9.59 Å². The Kier molecular flexibility index (Phi) is 10.9. The lowest BCUT2D eigenvalue weighted by Gasteiger charge is -2.25. The molecule has 2 unspecified atom stereocenters. The highest BCUT2D eigenvalue weighted by Gasteiger charge is 2.25. The molecule has 0 saturated carbocycles. The van der Waals surface area contributed by atoms with E-state index in [9.17, 15) is 9.59 Å². The molecule has 2 atom stereocenters. The Morgan fingerprint density at radius 1 is 0.826 bits per heavy atom. The van der Waals surface area contributed by atoms with Crippen molar-refractivity contribution in [1.29, 1.82) is 0 Å². The Balaban J connectivity index is 4.13. The van der Waals surface area contributed by atoms with Gasteiger partial charge in [0.2, 0.25) is 0 Å². The van der Waals surface area contributed by atoms with Crippen molar-refractivity contribution in [2.45, 2.75) is 80.1 Å². The monoisotopic (exact) mass is 328 g/mol. The zero-order valence-corrected chi connectivity index (χ0v) is 15.9. The molecule has 0 rings (SSSR count). The maximum atomic E-state index is 11.9. The van der Waals surface area contributed by atoms with Crippen molar-refractivity contribution in [2.24, 2.45) is 17.3 Å². The lowest BCUT2D eigenvalue weighted by molar-refractivity contribution is -0.157. The zero-order valence-electron chi connectivity index (χ0n) is 15.9. The molecule has 0 aliphatic heterocycles. The fourth-order valence-electron chi connectivity index (χ4n) is 2.12. The van der Waals surface area contributed by atoms with Crippen molar-refractivity contribution in [2.75, 3.05) is 13.2 Å². The van der Waals surface area contributed by atoms with Gasteiger partial charge in [0.15, 0.2) is 0 Å². The van der Waals surface area contributed by atoms with Gasteiger partial charge in [-0.05, 0) is 12.8 Å². The van der Waals surface area contributed by atoms with Crippen LogP contribution in [0.5, 0.6) is 0 Å². The summed E-state index contributed by atoms with van der Waals surface area (Å²) in [7, 11) is 0. The minimum absolute atomic E-state index is 0.0673. The molecule has 4 heteroatoms. The molecule has 0 aromatic heterocycles. The predicted molar refractivity (Wildman–Crippen MR) is 93.1 cm³/mol. The van der Waals surface area contributed by atoms with E-state index in [0.29, 0.717) is 0 Å². The predicted octanol–water partition coefficient (Wildman–Crippen LogP) is 4.75. The number of unbranched alkanes of at least 4 members (excludes halogenated alkanes) is 2. The number of rotatable bonds is 12. The van der Waals surface area contributed by atoms with Crippen LogP contribution in [0.3, 0.4) is 0 Å². The highest BCUT2D eigenvalue weighted by Crippen LogP contribution is 2.19. The van der Waals surface area contributed by atoms with Gasteiger partial charge in [0.25, 0.3) is 0 Å². The normalized spacial score (nSPS) is 14.2. The van der Waals surface area contributed by atoms with Gasteiger partial charge in [-0.25, -0.2) is 0 Å². The lowest BCUT2D eigenvalue weighted by atomic mass is 9.96. The first-order chi connectivity index (χ1) is 10.7. The van der Waals surface area contributed by atoms with Crippen LogP contribution < -0.4 is 0 Å². The third-order valence-corrected chi connectivity index (χ3v) is 4.00. The maximum absolute atomic E-state index is 11.9. The fourth-order valence-corrected chi connectivity index (χ4v) is 2.12. The topological polar surface area (TPSA) is 52.6 Å². The molecule has 0 aliphatic carbocycles. The van der Waals surface area contributed by atoms with E-state index in [-0.39, 0.29) is 42.4 Å². The van der Waals surface area contributed by atoms with E-state index in [2.05, 4.69) is 13.8 Å². The maximum Gasteiger partial charge on any atom is 0.308 e. The van der Waals surface area contributed by atoms with E-state index in [4.69, 9.17) is 9.47 Å². The van der Waals surface area contributed by atoms with Crippen LogP contribution in [-0.4, -0.2) is 25.2 Å². The van der Waals surface area contributed by atoms with Crippen LogP contribution in [0.4, 0.5) is 0 Å². The molecule has 0 saturated heterocycles. The van der Waals surface area contributed by atoms with Crippen LogP contribution in [0, 0.1) is 17.3 Å². The summed E-state index contributed by atoms with van der Waals surface area (Å²) >= 11 is 0. The molecular weight excluding hydrogens is 292 g/mol. The highest BCUT2D eigenvalue weighted by molar-refractivity contribution is 5.72. The first kappa shape index (κ1) is 21.9. The van der Waals surface area contributed by atoms with Crippen LogP contribution in [0.15, 0.2) is 0 Å². The molecule has 4 nitrogen and oxygen atoms in total. The molecular formula is C19H36O4. The molecule has 0 amide bonds. The molecule has 0 aromatic carbocycles. The van der Waals surface area contributed by atoms with Crippen molar-refractivity contribution in [3.05, 3.63) is 0 Å². The molecule has 0 aromatic rings. The second-order valence-corrected chi connectivity index (χ2v) is 7.47. The van der Waals surface area contributed by atoms with Crippen LogP contribution in [0.2, 0.25) is 0 Å². The van der Waals surface area contributed by atoms with Gasteiger partial charge < -0.3 is 9.47 Å². The summed E-state index contributed by atoms with van der Waals surface area (Å²) in [4.78, 5) is 23.9. The minimum atomic E-state index is -0.361. The van der Waals surface area contributed by atoms with Crippen LogP contribution in [0.25, 0.3) is 0 Å². The molecule has 0 radical (unpaired) electrons. The van der Waals surface area contributed by atoms with E-state index < -0.39 is 0 Å². The Labute approximate surface area is 142 Å². The van der Waals surface area contributed by atoms with E-state index in [0.717, 1.165) is 38.5 Å². The van der Waals surface area contributed by atoms with Crippen molar-refractivity contribution in [1.82, 2.24) is 0 Å². The van der Waals surface area contributed by atoms with E-state index in [1.807, 2.05) is 27.7 Å². The van der Waals surface area contributed by atoms with Gasteiger partial charge in [-0.15, -0.1) is 0 Å². The molecule has 0 fully saturated rings. The summed E-state index contributed by atoms with van der Waals surface area (Å²) < 4.78 is 10.8. The Hall–Kier alpha value is -1.06. The second-order valence-electron chi connectivity index (χ2n) is 7.47. The Morgan fingerprint density at radius 3 is 1.48 bits per heavy atom. The first-order valence-electron chi connectivity index (χ1n) is 9.06. The standard InChI is InChI=1S/C19H36O4/c1-7-9-11-15(3)17(20)22-13-19(5,6)14-23-18(21)16(4)12-10-8-2/h15-16H,7-14H2,1-6H3. The molecule has 136 valence electrons. The summed E-state index contributed by atoms with van der Waals surface area (Å²) in [6, 6.07) is 0. The summed E-state index contributed by atoms with van der Waals surface area (Å²) in [5, 5.41) is 0. The summed E-state index contributed by atoms with van der Waals surface area (Å²) in [6.45, 7) is 12.5. The number of carbonyl (C=O) groups is 2. The molecule has 0 aliphatic rings. The van der Waals surface area contributed by atoms with E-state index in [1.54, 1.807) is 0 Å². The average molecular weight is 328 g/mol. The van der Waals surface area contributed by atoms with E-state index >= 15 is 0 Å². The van der Waals surface area contributed by atoms with Crippen LogP contribution >= 0.6 is 0 Å². The average Bonchev–Trinajstić information content (AvgIpc) is 2.53. The third-order valence-electron chi connectivity index (χ3n) is 4.00. The number of hydrogen-bond donors (Lipinski definition) is 0. The minimum Gasteiger partial charge on any atom is -0.465 e. The van der Waals surface area contributed by atoms with Gasteiger partial charge in [0.05, 0.1) is 25.0 Å². The highest BCUT2D eigenvalue weighted by atomic mass is 16.5. The number of carbonyl (C=O) groups excluding carboxylic acids is 2. The van der Waals surface area contributed by atoms with Gasteiger partial charge in [-0.1, -0.05) is 67.2 Å². The molecule has 0 N–H and O–H groups in total. The van der Waals surface area contributed by atoms with Crippen molar-refractivity contribution >= 4 is 11.9 Å². The zero-order chi connectivity index (χ0) is 17.9. The molecule has 0 heterocycles. The SMILES string of the molecule is CCCCC(C)C(=O)OCC(C)(C)COC(=O)C(C)CCCC. The largest absolute Gasteiger partial charge is 0.465 e. The van der Waals surface area contributed by atoms with E-state index in [1.165, 1.54) is 0 Å². The van der Waals surface area contributed by atoms with Crippen molar-refractivity contribution in [3.8, 4) is 0 Å². The van der Waals surface area contributed by atoms with Crippen LogP contribution in [-0.2, 0) is 19.1 Å². The third kappa shape index (κ3) is 10.4. The van der Waals surface area contributed by atoms with Crippen molar-refractivity contribution < 1.29 is 19.1 Å². The number of ether oxygens (including phenoxy) is 2. The summed E-state index contributed by atoms with van der Waals surface area (Å²) in [5.41, 5.74) is -0.361. The molecule has 0 spiro atoms. The fraction of sp³-hybridized carbons (Fsp3) is 0.895. The van der Waals surface area contributed by atoms with Gasteiger partial charge in [0.1, 0.15) is 0 Å². The number of hydrogen-bond acceptors (Lipinski definition) is 4. The first-order valence-corrected chi connectivity index (χ1v) is 9.06. The summed E-state index contributed by atoms with van der Waals surface area (Å²) in [6.07, 6.45) is 5.95. The van der Waals surface area contributed by atoms with Gasteiger partial charge in [-0.2, -0.15) is 0 Å². The van der Waals surface area contributed by atoms with Gasteiger partial charge >= 0.3 is 11.9 Å². The molecule has 0 bridgehead atoms. The van der Waals surface area contributed by atoms with Crippen LogP contribution in [0.1, 0.15) is 80.1 Å². The quantitative estimate of drug-likeness (QED) is 0.485. The lowest BCUT2D eigenvalue weighted by Crippen LogP contribution is -2.31.